The Morgan fingerprint density at radius 2 is 2.00 bits per heavy atom. The van der Waals surface area contributed by atoms with Crippen molar-refractivity contribution in [1.29, 1.82) is 0 Å². The summed E-state index contributed by atoms with van der Waals surface area (Å²) in [5, 5.41) is 7.20. The van der Waals surface area contributed by atoms with Gasteiger partial charge in [-0.25, -0.2) is 4.98 Å². The summed E-state index contributed by atoms with van der Waals surface area (Å²) in [5.41, 5.74) is 4.76. The van der Waals surface area contributed by atoms with E-state index in [-0.39, 0.29) is 0 Å². The lowest BCUT2D eigenvalue weighted by molar-refractivity contribution is 1.04. The van der Waals surface area contributed by atoms with Crippen LogP contribution in [-0.4, -0.2) is 24.7 Å². The molecular weight excluding hydrogens is 302 g/mol. The van der Waals surface area contributed by atoms with Crippen molar-refractivity contribution < 1.29 is 0 Å². The average Bonchev–Trinajstić information content (AvgIpc) is 3.13. The standard InChI is InChI=1S/C14H9N5S2/c20-14-18-17-13(9-3-5-15-6-4-9)19(14)10-1-2-11-12(7-10)21-8-16-11/h1-8H,(H,18,20). The average molecular weight is 311 g/mol. The number of aromatic amines is 1. The number of thiazole rings is 1. The molecule has 5 nitrogen and oxygen atoms in total. The van der Waals surface area contributed by atoms with Crippen LogP contribution in [0.5, 0.6) is 0 Å². The van der Waals surface area contributed by atoms with Gasteiger partial charge in [0.1, 0.15) is 0 Å². The summed E-state index contributed by atoms with van der Waals surface area (Å²) in [5.74, 6) is 0.770. The summed E-state index contributed by atoms with van der Waals surface area (Å²) < 4.78 is 3.60. The Bertz CT molecular complexity index is 968. The van der Waals surface area contributed by atoms with Gasteiger partial charge >= 0.3 is 0 Å². The molecule has 102 valence electrons. The first-order valence-electron chi connectivity index (χ1n) is 6.24. The van der Waals surface area contributed by atoms with E-state index in [1.807, 2.05) is 34.3 Å². The predicted molar refractivity (Wildman–Crippen MR) is 85.2 cm³/mol. The minimum atomic E-state index is 0.561. The number of fused-ring (bicyclic) bond motifs is 1. The van der Waals surface area contributed by atoms with Gasteiger partial charge in [-0.05, 0) is 42.5 Å². The Balaban J connectivity index is 1.96. The van der Waals surface area contributed by atoms with Crippen molar-refractivity contribution in [2.24, 2.45) is 0 Å². The summed E-state index contributed by atoms with van der Waals surface area (Å²) in [4.78, 5) is 8.33. The van der Waals surface area contributed by atoms with E-state index >= 15 is 0 Å². The molecule has 0 amide bonds. The maximum absolute atomic E-state index is 5.37. The Labute approximate surface area is 128 Å². The maximum atomic E-state index is 5.37. The summed E-state index contributed by atoms with van der Waals surface area (Å²) in [6.45, 7) is 0. The van der Waals surface area contributed by atoms with Gasteiger partial charge in [-0.2, -0.15) is 5.10 Å². The van der Waals surface area contributed by atoms with E-state index in [4.69, 9.17) is 12.2 Å². The molecule has 0 radical (unpaired) electrons. The Morgan fingerprint density at radius 1 is 1.14 bits per heavy atom. The van der Waals surface area contributed by atoms with Crippen LogP contribution in [-0.2, 0) is 0 Å². The minimum absolute atomic E-state index is 0.561. The largest absolute Gasteiger partial charge is 0.268 e. The van der Waals surface area contributed by atoms with Crippen LogP contribution in [0.3, 0.4) is 0 Å². The number of pyridine rings is 1. The summed E-state index contributed by atoms with van der Waals surface area (Å²) in [6, 6.07) is 9.88. The lowest BCUT2D eigenvalue weighted by Crippen LogP contribution is -1.97. The molecule has 0 saturated carbocycles. The van der Waals surface area contributed by atoms with E-state index in [0.29, 0.717) is 4.77 Å². The second-order valence-corrected chi connectivity index (χ2v) is 5.70. The van der Waals surface area contributed by atoms with E-state index in [1.54, 1.807) is 23.7 Å². The molecule has 0 spiro atoms. The Kier molecular flexibility index (Phi) is 2.87. The molecular formula is C14H9N5S2. The lowest BCUT2D eigenvalue weighted by atomic mass is 10.2. The van der Waals surface area contributed by atoms with Gasteiger partial charge in [0.2, 0.25) is 0 Å². The molecule has 3 aromatic heterocycles. The molecule has 1 aromatic carbocycles. The van der Waals surface area contributed by atoms with Crippen LogP contribution in [0.4, 0.5) is 0 Å². The Morgan fingerprint density at radius 3 is 2.86 bits per heavy atom. The van der Waals surface area contributed by atoms with Crippen LogP contribution >= 0.6 is 23.6 Å². The van der Waals surface area contributed by atoms with E-state index in [1.165, 1.54) is 0 Å². The van der Waals surface area contributed by atoms with Gasteiger partial charge in [-0.15, -0.1) is 11.3 Å². The molecule has 21 heavy (non-hydrogen) atoms. The summed E-state index contributed by atoms with van der Waals surface area (Å²) in [6.07, 6.45) is 3.48. The van der Waals surface area contributed by atoms with Gasteiger partial charge < -0.3 is 0 Å². The van der Waals surface area contributed by atoms with Crippen molar-refractivity contribution >= 4 is 33.8 Å². The van der Waals surface area contributed by atoms with Crippen LogP contribution in [0.1, 0.15) is 0 Å². The highest BCUT2D eigenvalue weighted by Crippen LogP contribution is 2.25. The molecule has 3 heterocycles. The van der Waals surface area contributed by atoms with Crippen molar-refractivity contribution in [3.63, 3.8) is 0 Å². The van der Waals surface area contributed by atoms with Gasteiger partial charge in [0, 0.05) is 18.0 Å². The van der Waals surface area contributed by atoms with Crippen LogP contribution in [0.25, 0.3) is 27.3 Å². The van der Waals surface area contributed by atoms with Gasteiger partial charge in [0.15, 0.2) is 10.6 Å². The molecule has 0 bridgehead atoms. The summed E-state index contributed by atoms with van der Waals surface area (Å²) >= 11 is 6.98. The fourth-order valence-corrected chi connectivity index (χ4v) is 3.16. The Hall–Kier alpha value is -2.38. The SMILES string of the molecule is S=c1[nH]nc(-c2ccncc2)n1-c1ccc2ncsc2c1. The fraction of sp³-hybridized carbons (Fsp3) is 0. The molecule has 4 aromatic rings. The molecule has 0 aliphatic heterocycles. The van der Waals surface area contributed by atoms with Crippen LogP contribution in [0.15, 0.2) is 48.2 Å². The number of hydrogen-bond donors (Lipinski definition) is 1. The monoisotopic (exact) mass is 311 g/mol. The third-order valence-electron chi connectivity index (χ3n) is 3.18. The number of nitrogens with zero attached hydrogens (tertiary/aromatic N) is 4. The lowest BCUT2D eigenvalue weighted by Gasteiger charge is -2.06. The van der Waals surface area contributed by atoms with Crippen molar-refractivity contribution in [2.45, 2.75) is 0 Å². The minimum Gasteiger partial charge on any atom is -0.268 e. The predicted octanol–water partition coefficient (Wildman–Crippen LogP) is 3.60. The smallest absolute Gasteiger partial charge is 0.200 e. The van der Waals surface area contributed by atoms with Crippen molar-refractivity contribution in [2.75, 3.05) is 0 Å². The summed E-state index contributed by atoms with van der Waals surface area (Å²) in [7, 11) is 0. The van der Waals surface area contributed by atoms with Gasteiger partial charge in [0.05, 0.1) is 21.4 Å². The van der Waals surface area contributed by atoms with Gasteiger partial charge in [-0.3, -0.25) is 14.6 Å². The molecule has 4 rings (SSSR count). The third kappa shape index (κ3) is 2.07. The van der Waals surface area contributed by atoms with Crippen LogP contribution in [0, 0.1) is 4.77 Å². The van der Waals surface area contributed by atoms with Crippen molar-refractivity contribution in [3.05, 3.63) is 53.0 Å². The van der Waals surface area contributed by atoms with Gasteiger partial charge in [0.25, 0.3) is 0 Å². The molecule has 0 unspecified atom stereocenters. The number of hydrogen-bond acceptors (Lipinski definition) is 5. The first-order chi connectivity index (χ1) is 10.3. The number of benzene rings is 1. The first-order valence-corrected chi connectivity index (χ1v) is 7.53. The zero-order valence-electron chi connectivity index (χ0n) is 10.7. The molecule has 0 atom stereocenters. The molecule has 0 saturated heterocycles. The molecule has 1 N–H and O–H groups in total. The van der Waals surface area contributed by atoms with Crippen LogP contribution in [0.2, 0.25) is 0 Å². The molecule has 0 aliphatic carbocycles. The first kappa shape index (κ1) is 12.4. The number of rotatable bonds is 2. The zero-order valence-corrected chi connectivity index (χ0v) is 12.4. The molecule has 0 aliphatic rings. The van der Waals surface area contributed by atoms with Crippen molar-refractivity contribution in [3.8, 4) is 17.1 Å². The van der Waals surface area contributed by atoms with E-state index in [9.17, 15) is 0 Å². The number of nitrogens with one attached hydrogen (secondary N) is 1. The highest BCUT2D eigenvalue weighted by Gasteiger charge is 2.11. The molecule has 0 fully saturated rings. The maximum Gasteiger partial charge on any atom is 0.200 e. The molecule has 7 heteroatoms. The topological polar surface area (TPSA) is 59.4 Å². The number of aromatic nitrogens is 5. The van der Waals surface area contributed by atoms with E-state index < -0.39 is 0 Å². The fourth-order valence-electron chi connectivity index (χ4n) is 2.21. The third-order valence-corrected chi connectivity index (χ3v) is 4.25. The van der Waals surface area contributed by atoms with E-state index in [2.05, 4.69) is 26.2 Å². The van der Waals surface area contributed by atoms with Gasteiger partial charge in [-0.1, -0.05) is 0 Å². The highest BCUT2D eigenvalue weighted by molar-refractivity contribution is 7.71. The second-order valence-electron chi connectivity index (χ2n) is 4.43. The number of H-pyrrole nitrogens is 1. The zero-order chi connectivity index (χ0) is 14.2. The van der Waals surface area contributed by atoms with Crippen molar-refractivity contribution in [1.82, 2.24) is 24.7 Å². The highest BCUT2D eigenvalue weighted by atomic mass is 32.1. The van der Waals surface area contributed by atoms with Crippen LogP contribution < -0.4 is 0 Å². The normalized spacial score (nSPS) is 11.0. The second kappa shape index (κ2) is 4.87. The quantitative estimate of drug-likeness (QED) is 0.575. The van der Waals surface area contributed by atoms with E-state index in [0.717, 1.165) is 27.3 Å².